The van der Waals surface area contributed by atoms with Crippen molar-refractivity contribution in [2.75, 3.05) is 19.8 Å². The molecule has 10 nitrogen and oxygen atoms in total. The van der Waals surface area contributed by atoms with E-state index in [1.54, 1.807) is 0 Å². The van der Waals surface area contributed by atoms with Gasteiger partial charge < -0.3 is 36.2 Å². The molecule has 0 spiro atoms. The molecule has 7 N–H and O–H groups in total. The highest BCUT2D eigenvalue weighted by molar-refractivity contribution is 7.45. The number of carboxylic acids is 1. The number of aliphatic carboxylic acids is 1. The molecule has 0 fully saturated rings. The first-order valence-corrected chi connectivity index (χ1v) is 21.8. The molecule has 0 saturated carbocycles. The van der Waals surface area contributed by atoms with Gasteiger partial charge in [0, 0.05) is 6.54 Å². The van der Waals surface area contributed by atoms with Crippen molar-refractivity contribution in [1.29, 1.82) is 0 Å². The Morgan fingerprint density at radius 2 is 0.878 bits per heavy atom. The van der Waals surface area contributed by atoms with Crippen molar-refractivity contribution in [3.8, 4) is 0 Å². The Bertz CT molecular complexity index is 733. The molecule has 0 heterocycles. The minimum atomic E-state index is -4.12. The van der Waals surface area contributed by atoms with E-state index < -0.39 is 19.8 Å². The van der Waals surface area contributed by atoms with E-state index in [-0.39, 0.29) is 19.2 Å². The summed E-state index contributed by atoms with van der Waals surface area (Å²) in [5.41, 5.74) is 15.3. The molecule has 0 aliphatic rings. The second kappa shape index (κ2) is 39.6. The van der Waals surface area contributed by atoms with E-state index in [2.05, 4.69) is 18.8 Å². The molecule has 0 aromatic heterocycles. The quantitative estimate of drug-likeness (QED) is 0.0210. The average Bonchev–Trinajstić information content (AvgIpc) is 3.06. The van der Waals surface area contributed by atoms with Gasteiger partial charge in [0.15, 0.2) is 5.96 Å². The SMILES string of the molecule is CCCCCCCCCCCCCCCCOP(=O)([O-])OCCCCCCCCCCCCCCCC.NC(N)=NCCCC(N)C(=O)O. The molecule has 0 radical (unpaired) electrons. The summed E-state index contributed by atoms with van der Waals surface area (Å²) in [5, 5.41) is 8.38. The van der Waals surface area contributed by atoms with E-state index in [9.17, 15) is 14.3 Å². The number of hydrogen-bond donors (Lipinski definition) is 4. The lowest BCUT2D eigenvalue weighted by Gasteiger charge is -2.22. The fraction of sp³-hybridized carbons (Fsp3) is 0.947. The number of guanidine groups is 1. The average molecular weight is 720 g/mol. The van der Waals surface area contributed by atoms with Crippen LogP contribution in [0.4, 0.5) is 0 Å². The zero-order valence-electron chi connectivity index (χ0n) is 32.0. The monoisotopic (exact) mass is 720 g/mol. The van der Waals surface area contributed by atoms with Gasteiger partial charge in [-0.05, 0) is 25.7 Å². The Balaban J connectivity index is 0. The van der Waals surface area contributed by atoms with Crippen molar-refractivity contribution < 1.29 is 28.4 Å². The Kier molecular flexibility index (Phi) is 40.3. The highest BCUT2D eigenvalue weighted by Crippen LogP contribution is 2.38. The maximum absolute atomic E-state index is 11.9. The minimum Gasteiger partial charge on any atom is -0.756 e. The van der Waals surface area contributed by atoms with E-state index in [1.165, 1.54) is 154 Å². The molecule has 11 heteroatoms. The summed E-state index contributed by atoms with van der Waals surface area (Å²) in [7, 11) is -4.12. The largest absolute Gasteiger partial charge is 0.756 e. The summed E-state index contributed by atoms with van der Waals surface area (Å²) in [6.07, 6.45) is 37.0. The predicted molar refractivity (Wildman–Crippen MR) is 206 cm³/mol. The first kappa shape index (κ1) is 49.9. The van der Waals surface area contributed by atoms with Crippen molar-refractivity contribution in [3.63, 3.8) is 0 Å². The van der Waals surface area contributed by atoms with Crippen LogP contribution in [0.3, 0.4) is 0 Å². The second-order valence-electron chi connectivity index (χ2n) is 13.7. The van der Waals surface area contributed by atoms with E-state index in [1.807, 2.05) is 0 Å². The van der Waals surface area contributed by atoms with E-state index in [0.717, 1.165) is 25.7 Å². The maximum Gasteiger partial charge on any atom is 0.320 e. The lowest BCUT2D eigenvalue weighted by molar-refractivity contribution is -0.225. The van der Waals surface area contributed by atoms with Gasteiger partial charge in [-0.15, -0.1) is 0 Å². The normalized spacial score (nSPS) is 12.0. The number of phosphoric ester groups is 1. The Hall–Kier alpha value is -1.19. The second-order valence-corrected chi connectivity index (χ2v) is 15.1. The highest BCUT2D eigenvalue weighted by Gasteiger charge is 2.10. The van der Waals surface area contributed by atoms with Crippen molar-refractivity contribution in [2.24, 2.45) is 22.2 Å². The molecule has 0 aromatic rings. The fourth-order valence-corrected chi connectivity index (χ4v) is 6.41. The molecule has 0 aliphatic carbocycles. The van der Waals surface area contributed by atoms with Gasteiger partial charge in [-0.1, -0.05) is 181 Å². The Morgan fingerprint density at radius 3 is 1.14 bits per heavy atom. The number of hydrogen-bond acceptors (Lipinski definition) is 7. The summed E-state index contributed by atoms with van der Waals surface area (Å²) in [5.74, 6) is -0.987. The molecule has 1 unspecified atom stereocenters. The summed E-state index contributed by atoms with van der Waals surface area (Å²) >= 11 is 0. The number of nitrogens with zero attached hydrogens (tertiary/aromatic N) is 1. The zero-order valence-corrected chi connectivity index (χ0v) is 32.9. The maximum atomic E-state index is 11.9. The van der Waals surface area contributed by atoms with Gasteiger partial charge in [0.2, 0.25) is 0 Å². The fourth-order valence-electron chi connectivity index (χ4n) is 5.63. The number of carbonyl (C=O) groups is 1. The topological polar surface area (TPSA) is 186 Å². The van der Waals surface area contributed by atoms with Gasteiger partial charge >= 0.3 is 5.97 Å². The zero-order chi connectivity index (χ0) is 36.7. The van der Waals surface area contributed by atoms with Gasteiger partial charge in [-0.25, -0.2) is 0 Å². The molecule has 0 rings (SSSR count). The van der Waals surface area contributed by atoms with Crippen LogP contribution in [-0.4, -0.2) is 42.8 Å². The molecule has 49 heavy (non-hydrogen) atoms. The van der Waals surface area contributed by atoms with Crippen LogP contribution in [0.1, 0.15) is 206 Å². The molecular weight excluding hydrogens is 639 g/mol. The number of phosphoric acid groups is 1. The molecule has 0 amide bonds. The first-order valence-electron chi connectivity index (χ1n) is 20.3. The molecule has 294 valence electrons. The van der Waals surface area contributed by atoms with Crippen LogP contribution >= 0.6 is 7.82 Å². The standard InChI is InChI=1S/C32H67O4P.C6H14N4O2/c1-3-5-7-9-11-13-15-17-19-21-23-25-27-29-31-35-37(33,34)36-32-30-28-26-24-22-20-18-16-14-12-10-8-6-4-2;7-4(5(11)12)2-1-3-10-6(8)9/h3-32H2,1-2H3,(H,33,34);4H,1-3,7H2,(H,11,12)(H4,8,9,10)/p-1. The van der Waals surface area contributed by atoms with Gasteiger partial charge in [0.25, 0.3) is 7.82 Å². The summed E-state index contributed by atoms with van der Waals surface area (Å²) < 4.78 is 21.9. The lowest BCUT2D eigenvalue weighted by Crippen LogP contribution is -2.30. The number of nitrogens with two attached hydrogens (primary N) is 3. The summed E-state index contributed by atoms with van der Waals surface area (Å²) in [4.78, 5) is 25.8. The van der Waals surface area contributed by atoms with Crippen molar-refractivity contribution >= 4 is 19.8 Å². The minimum absolute atomic E-state index is 0.0129. The molecule has 0 bridgehead atoms. The third kappa shape index (κ3) is 44.8. The van der Waals surface area contributed by atoms with Gasteiger partial charge in [0.1, 0.15) is 6.04 Å². The number of rotatable bonds is 37. The summed E-state index contributed by atoms with van der Waals surface area (Å²) in [6, 6.07) is -0.820. The predicted octanol–water partition coefficient (Wildman–Crippen LogP) is 9.90. The first-order chi connectivity index (χ1) is 23.7. The van der Waals surface area contributed by atoms with Crippen LogP contribution in [-0.2, 0) is 18.4 Å². The molecule has 0 aliphatic heterocycles. The van der Waals surface area contributed by atoms with Crippen molar-refractivity contribution in [3.05, 3.63) is 0 Å². The van der Waals surface area contributed by atoms with E-state index in [0.29, 0.717) is 19.4 Å². The van der Waals surface area contributed by atoms with Crippen LogP contribution < -0.4 is 22.1 Å². The summed E-state index contributed by atoms with van der Waals surface area (Å²) in [6.45, 7) is 5.48. The lowest BCUT2D eigenvalue weighted by atomic mass is 10.0. The smallest absolute Gasteiger partial charge is 0.320 e. The van der Waals surface area contributed by atoms with Crippen molar-refractivity contribution in [1.82, 2.24) is 0 Å². The number of carboxylic acid groups (broad SMARTS) is 1. The van der Waals surface area contributed by atoms with Gasteiger partial charge in [-0.2, -0.15) is 0 Å². The van der Waals surface area contributed by atoms with Crippen LogP contribution in [0, 0.1) is 0 Å². The highest BCUT2D eigenvalue weighted by atomic mass is 31.2. The molecular formula is C38H80N4O6P-. The van der Waals surface area contributed by atoms with E-state index in [4.69, 9.17) is 31.4 Å². The van der Waals surface area contributed by atoms with Crippen LogP contribution in [0.25, 0.3) is 0 Å². The Morgan fingerprint density at radius 1 is 0.592 bits per heavy atom. The van der Waals surface area contributed by atoms with Crippen molar-refractivity contribution in [2.45, 2.75) is 213 Å². The third-order valence-corrected chi connectivity index (χ3v) is 9.78. The Labute approximate surface area is 302 Å². The molecule has 0 saturated heterocycles. The number of unbranched alkanes of at least 4 members (excludes halogenated alkanes) is 26. The van der Waals surface area contributed by atoms with E-state index >= 15 is 0 Å². The van der Waals surface area contributed by atoms with Gasteiger partial charge in [0.05, 0.1) is 13.2 Å². The third-order valence-electron chi connectivity index (χ3n) is 8.78. The van der Waals surface area contributed by atoms with Crippen LogP contribution in [0.15, 0.2) is 4.99 Å². The molecule has 1 atom stereocenters. The van der Waals surface area contributed by atoms with Crippen LogP contribution in [0.5, 0.6) is 0 Å². The molecule has 0 aromatic carbocycles. The number of aliphatic imine (C=N–C) groups is 1. The van der Waals surface area contributed by atoms with Gasteiger partial charge in [-0.3, -0.25) is 14.4 Å². The van der Waals surface area contributed by atoms with Crippen LogP contribution in [0.2, 0.25) is 0 Å².